The lowest BCUT2D eigenvalue weighted by Crippen LogP contribution is -3.06. The van der Waals surface area contributed by atoms with Gasteiger partial charge in [-0.05, 0) is 44.2 Å². The van der Waals surface area contributed by atoms with Crippen LogP contribution in [0.2, 0.25) is 0 Å². The Labute approximate surface area is 141 Å². The van der Waals surface area contributed by atoms with Gasteiger partial charge < -0.3 is 18.5 Å². The molecule has 1 N–H and O–H groups in total. The fourth-order valence-electron chi connectivity index (χ4n) is 2.69. The van der Waals surface area contributed by atoms with Gasteiger partial charge in [0.15, 0.2) is 6.54 Å². The van der Waals surface area contributed by atoms with Crippen LogP contribution < -0.4 is 9.64 Å². The molecule has 2 aromatic heterocycles. The van der Waals surface area contributed by atoms with E-state index >= 15 is 0 Å². The number of nitrogens with zero attached hydrogens (tertiary/aromatic N) is 2. The minimum atomic E-state index is 0.511. The Morgan fingerprint density at radius 1 is 1.04 bits per heavy atom. The average Bonchev–Trinajstić information content (AvgIpc) is 3.14. The molecule has 0 spiro atoms. The maximum Gasteiger partial charge on any atom is 0.271 e. The van der Waals surface area contributed by atoms with E-state index in [2.05, 4.69) is 29.4 Å². The van der Waals surface area contributed by atoms with Crippen molar-refractivity contribution in [2.75, 3.05) is 14.2 Å². The highest BCUT2D eigenvalue weighted by Crippen LogP contribution is 2.25. The number of benzene rings is 1. The summed E-state index contributed by atoms with van der Waals surface area (Å²) in [5.74, 6) is 3.63. The third-order valence-electron chi connectivity index (χ3n) is 3.86. The Bertz CT molecular complexity index is 805. The van der Waals surface area contributed by atoms with E-state index in [0.29, 0.717) is 18.3 Å². The minimum Gasteiger partial charge on any atom is -0.497 e. The second-order valence-corrected chi connectivity index (χ2v) is 5.99. The fourth-order valence-corrected chi connectivity index (χ4v) is 2.69. The van der Waals surface area contributed by atoms with Gasteiger partial charge in [-0.15, -0.1) is 10.2 Å². The summed E-state index contributed by atoms with van der Waals surface area (Å²) in [5, 5.41) is 8.29. The minimum absolute atomic E-state index is 0.511. The molecular formula is C18H22N3O3+. The Morgan fingerprint density at radius 3 is 2.42 bits per heavy atom. The number of nitrogens with one attached hydrogen (secondary N) is 1. The molecule has 0 amide bonds. The largest absolute Gasteiger partial charge is 0.497 e. The van der Waals surface area contributed by atoms with Crippen molar-refractivity contribution in [1.29, 1.82) is 0 Å². The number of aromatic nitrogens is 2. The zero-order valence-electron chi connectivity index (χ0n) is 14.4. The van der Waals surface area contributed by atoms with E-state index in [9.17, 15) is 0 Å². The fraction of sp³-hybridized carbons (Fsp3) is 0.333. The van der Waals surface area contributed by atoms with Crippen LogP contribution in [0.4, 0.5) is 0 Å². The van der Waals surface area contributed by atoms with Crippen LogP contribution in [0, 0.1) is 13.8 Å². The molecule has 0 saturated heterocycles. The molecule has 3 aromatic rings. The smallest absolute Gasteiger partial charge is 0.271 e. The second kappa shape index (κ2) is 6.88. The molecule has 2 heterocycles. The first-order chi connectivity index (χ1) is 11.5. The molecule has 6 nitrogen and oxygen atoms in total. The van der Waals surface area contributed by atoms with Crippen LogP contribution in [0.5, 0.6) is 5.75 Å². The number of hydrogen-bond acceptors (Lipinski definition) is 5. The first-order valence-corrected chi connectivity index (χ1v) is 7.89. The van der Waals surface area contributed by atoms with Crippen molar-refractivity contribution in [3.63, 3.8) is 0 Å². The van der Waals surface area contributed by atoms with Crippen molar-refractivity contribution in [3.05, 3.63) is 53.3 Å². The van der Waals surface area contributed by atoms with Crippen LogP contribution in [-0.4, -0.2) is 24.4 Å². The molecule has 0 aliphatic carbocycles. The quantitative estimate of drug-likeness (QED) is 0.751. The zero-order chi connectivity index (χ0) is 17.1. The van der Waals surface area contributed by atoms with E-state index < -0.39 is 0 Å². The van der Waals surface area contributed by atoms with Crippen molar-refractivity contribution in [2.24, 2.45) is 0 Å². The van der Waals surface area contributed by atoms with Crippen molar-refractivity contribution >= 4 is 0 Å². The van der Waals surface area contributed by atoms with E-state index in [4.69, 9.17) is 13.6 Å². The number of aryl methyl sites for hydroxylation is 2. The molecule has 0 radical (unpaired) electrons. The van der Waals surface area contributed by atoms with Crippen LogP contribution in [0.25, 0.3) is 11.5 Å². The monoisotopic (exact) mass is 328 g/mol. The van der Waals surface area contributed by atoms with Gasteiger partial charge in [0.1, 0.15) is 23.8 Å². The van der Waals surface area contributed by atoms with Gasteiger partial charge in [-0.2, -0.15) is 0 Å². The van der Waals surface area contributed by atoms with Crippen molar-refractivity contribution in [1.82, 2.24) is 10.2 Å². The molecule has 0 saturated carbocycles. The Kier molecular flexibility index (Phi) is 4.66. The summed E-state index contributed by atoms with van der Waals surface area (Å²) in [6.07, 6.45) is 0. The van der Waals surface area contributed by atoms with Crippen molar-refractivity contribution in [2.45, 2.75) is 26.9 Å². The summed E-state index contributed by atoms with van der Waals surface area (Å²) in [5.41, 5.74) is 2.09. The number of methoxy groups -OCH3 is 1. The topological polar surface area (TPSA) is 65.7 Å². The molecule has 0 aliphatic rings. The molecule has 1 atom stereocenters. The highest BCUT2D eigenvalue weighted by atomic mass is 16.5. The summed E-state index contributed by atoms with van der Waals surface area (Å²) in [7, 11) is 3.77. The summed E-state index contributed by atoms with van der Waals surface area (Å²) in [6, 6.07) is 9.99. The van der Waals surface area contributed by atoms with Gasteiger partial charge >= 0.3 is 0 Å². The van der Waals surface area contributed by atoms with Crippen LogP contribution in [0.1, 0.15) is 23.0 Å². The zero-order valence-corrected chi connectivity index (χ0v) is 14.4. The molecule has 1 aromatic carbocycles. The van der Waals surface area contributed by atoms with Crippen LogP contribution >= 0.6 is 0 Å². The Hall–Kier alpha value is -2.60. The number of ether oxygens (including phenoxy) is 1. The molecule has 0 aliphatic heterocycles. The number of hydrogen-bond donors (Lipinski definition) is 1. The lowest BCUT2D eigenvalue weighted by atomic mass is 10.2. The number of quaternary nitrogens is 1. The summed E-state index contributed by atoms with van der Waals surface area (Å²) >= 11 is 0. The van der Waals surface area contributed by atoms with Crippen LogP contribution in [0.3, 0.4) is 0 Å². The summed E-state index contributed by atoms with van der Waals surface area (Å²) in [6.45, 7) is 5.33. The predicted molar refractivity (Wildman–Crippen MR) is 88.8 cm³/mol. The van der Waals surface area contributed by atoms with Crippen LogP contribution in [0.15, 0.2) is 39.2 Å². The maximum atomic E-state index is 5.79. The molecule has 3 rings (SSSR count). The normalized spacial score (nSPS) is 12.3. The van der Waals surface area contributed by atoms with Gasteiger partial charge in [0.05, 0.1) is 19.7 Å². The van der Waals surface area contributed by atoms with Crippen LogP contribution in [-0.2, 0) is 13.1 Å². The third kappa shape index (κ3) is 3.65. The third-order valence-corrected chi connectivity index (χ3v) is 3.86. The summed E-state index contributed by atoms with van der Waals surface area (Å²) in [4.78, 5) is 1.26. The van der Waals surface area contributed by atoms with E-state index in [1.807, 2.05) is 32.0 Å². The van der Waals surface area contributed by atoms with Gasteiger partial charge in [-0.25, -0.2) is 0 Å². The highest BCUT2D eigenvalue weighted by molar-refractivity contribution is 5.55. The lowest BCUT2D eigenvalue weighted by Gasteiger charge is -2.11. The van der Waals surface area contributed by atoms with Gasteiger partial charge in [0, 0.05) is 5.56 Å². The molecule has 0 fully saturated rings. The molecule has 6 heteroatoms. The van der Waals surface area contributed by atoms with E-state index in [1.165, 1.54) is 10.5 Å². The Morgan fingerprint density at radius 2 is 1.79 bits per heavy atom. The predicted octanol–water partition coefficient (Wildman–Crippen LogP) is 2.17. The van der Waals surface area contributed by atoms with E-state index in [1.54, 1.807) is 7.11 Å². The van der Waals surface area contributed by atoms with Gasteiger partial charge in [-0.3, -0.25) is 0 Å². The van der Waals surface area contributed by atoms with Gasteiger partial charge in [-0.1, -0.05) is 0 Å². The molecular weight excluding hydrogens is 306 g/mol. The summed E-state index contributed by atoms with van der Waals surface area (Å²) < 4.78 is 16.5. The Balaban J connectivity index is 1.64. The first-order valence-electron chi connectivity index (χ1n) is 7.89. The van der Waals surface area contributed by atoms with Gasteiger partial charge in [0.2, 0.25) is 0 Å². The van der Waals surface area contributed by atoms with E-state index in [0.717, 1.165) is 29.4 Å². The van der Waals surface area contributed by atoms with Gasteiger partial charge in [0.25, 0.3) is 11.8 Å². The molecule has 24 heavy (non-hydrogen) atoms. The number of furan rings is 1. The second-order valence-electron chi connectivity index (χ2n) is 5.99. The van der Waals surface area contributed by atoms with Crippen molar-refractivity contribution < 1.29 is 18.5 Å². The van der Waals surface area contributed by atoms with Crippen molar-refractivity contribution in [3.8, 4) is 17.2 Å². The highest BCUT2D eigenvalue weighted by Gasteiger charge is 2.17. The average molecular weight is 328 g/mol. The molecule has 126 valence electrons. The molecule has 1 unspecified atom stereocenters. The standard InChI is InChI=1S/C18H21N3O3/c1-12-9-16(13(2)23-12)18-20-19-17(24-18)11-21(3)10-14-5-7-15(22-4)8-6-14/h5-9H,10-11H2,1-4H3/p+1. The van der Waals surface area contributed by atoms with E-state index in [-0.39, 0.29) is 0 Å². The first kappa shape index (κ1) is 16.3. The maximum absolute atomic E-state index is 5.79. The lowest BCUT2D eigenvalue weighted by molar-refractivity contribution is -0.909. The SMILES string of the molecule is COc1ccc(C[NH+](C)Cc2nnc(-c3cc(C)oc3C)o2)cc1. The number of rotatable bonds is 6. The molecule has 0 bridgehead atoms.